The molecule has 3 rings (SSSR count). The first-order valence-electron chi connectivity index (χ1n) is 9.40. The minimum Gasteiger partial charge on any atom is -0.398 e. The lowest BCUT2D eigenvalue weighted by molar-refractivity contribution is 0.0928. The first-order valence-corrected chi connectivity index (χ1v) is 9.40. The fourth-order valence-corrected chi connectivity index (χ4v) is 3.66. The molecule has 1 aliphatic heterocycles. The maximum absolute atomic E-state index is 12.6. The summed E-state index contributed by atoms with van der Waals surface area (Å²) >= 11 is 0. The number of benzene rings is 1. The standard InChI is InChI=1S/C21H24N6O3/c1-11-7-15(26-21(30)13-3-5-16(20(24)29)17(22)9-13)8-12(2)27(11)18-6-4-14(10-25-18)19(23)28/h3-6,9-10,12,15H,1,7-8,22H2,2H3,(H2,23,28)(H2,24,29)(H,26,30). The summed E-state index contributed by atoms with van der Waals surface area (Å²) in [5, 5.41) is 2.99. The van der Waals surface area contributed by atoms with Crippen molar-refractivity contribution in [2.24, 2.45) is 11.5 Å². The van der Waals surface area contributed by atoms with Crippen LogP contribution in [0.2, 0.25) is 0 Å². The first kappa shape index (κ1) is 20.8. The van der Waals surface area contributed by atoms with Crippen LogP contribution in [0.5, 0.6) is 0 Å². The van der Waals surface area contributed by atoms with Crippen LogP contribution in [0.1, 0.15) is 50.8 Å². The van der Waals surface area contributed by atoms with Crippen LogP contribution in [0.25, 0.3) is 0 Å². The summed E-state index contributed by atoms with van der Waals surface area (Å²) in [4.78, 5) is 41.4. The molecule has 2 aromatic rings. The average molecular weight is 408 g/mol. The summed E-state index contributed by atoms with van der Waals surface area (Å²) in [6.07, 6.45) is 2.63. The summed E-state index contributed by atoms with van der Waals surface area (Å²) < 4.78 is 0. The Morgan fingerprint density at radius 3 is 2.37 bits per heavy atom. The van der Waals surface area contributed by atoms with Gasteiger partial charge in [0, 0.05) is 41.6 Å². The van der Waals surface area contributed by atoms with Gasteiger partial charge in [0.2, 0.25) is 5.91 Å². The van der Waals surface area contributed by atoms with E-state index in [4.69, 9.17) is 17.2 Å². The molecular formula is C21H24N6O3. The van der Waals surface area contributed by atoms with Crippen molar-refractivity contribution in [2.45, 2.75) is 31.8 Å². The van der Waals surface area contributed by atoms with Gasteiger partial charge in [0.25, 0.3) is 11.8 Å². The molecule has 0 aliphatic carbocycles. The number of piperidine rings is 1. The summed E-state index contributed by atoms with van der Waals surface area (Å²) in [5.74, 6) is -0.807. The van der Waals surface area contributed by atoms with Crippen molar-refractivity contribution in [3.05, 3.63) is 65.5 Å². The minimum atomic E-state index is -0.644. The predicted octanol–water partition coefficient (Wildman–Crippen LogP) is 1.16. The van der Waals surface area contributed by atoms with E-state index < -0.39 is 11.8 Å². The highest BCUT2D eigenvalue weighted by atomic mass is 16.2. The maximum Gasteiger partial charge on any atom is 0.251 e. The van der Waals surface area contributed by atoms with Crippen LogP contribution in [0.3, 0.4) is 0 Å². The molecule has 1 aromatic carbocycles. The molecule has 0 saturated carbocycles. The van der Waals surface area contributed by atoms with Gasteiger partial charge in [0.1, 0.15) is 5.82 Å². The van der Waals surface area contributed by atoms with Gasteiger partial charge >= 0.3 is 0 Å². The molecule has 0 spiro atoms. The molecule has 2 unspecified atom stereocenters. The third kappa shape index (κ3) is 4.24. The number of hydrogen-bond donors (Lipinski definition) is 4. The van der Waals surface area contributed by atoms with E-state index in [2.05, 4.69) is 16.9 Å². The number of primary amides is 2. The molecule has 1 aliphatic rings. The summed E-state index contributed by atoms with van der Waals surface area (Å²) in [7, 11) is 0. The number of anilines is 2. The van der Waals surface area contributed by atoms with E-state index in [-0.39, 0.29) is 29.2 Å². The van der Waals surface area contributed by atoms with Crippen molar-refractivity contribution in [3.63, 3.8) is 0 Å². The van der Waals surface area contributed by atoms with Gasteiger partial charge in [-0.05, 0) is 43.7 Å². The monoisotopic (exact) mass is 408 g/mol. The van der Waals surface area contributed by atoms with Crippen LogP contribution in [0, 0.1) is 0 Å². The number of nitrogens with zero attached hydrogens (tertiary/aromatic N) is 2. The number of hydrogen-bond acceptors (Lipinski definition) is 6. The number of nitrogens with one attached hydrogen (secondary N) is 1. The average Bonchev–Trinajstić information content (AvgIpc) is 2.67. The second kappa shape index (κ2) is 8.24. The van der Waals surface area contributed by atoms with Crippen molar-refractivity contribution in [2.75, 3.05) is 10.6 Å². The Bertz CT molecular complexity index is 1020. The minimum absolute atomic E-state index is 0.0192. The molecule has 2 atom stereocenters. The SMILES string of the molecule is C=C1CC(NC(=O)c2ccc(C(N)=O)c(N)c2)CC(C)N1c1ccc(C(N)=O)cn1. The molecular weight excluding hydrogens is 384 g/mol. The van der Waals surface area contributed by atoms with Crippen LogP contribution < -0.4 is 27.4 Å². The molecule has 1 saturated heterocycles. The number of aromatic nitrogens is 1. The number of rotatable bonds is 5. The Balaban J connectivity index is 1.68. The molecule has 9 heteroatoms. The van der Waals surface area contributed by atoms with Gasteiger partial charge in [0.05, 0.1) is 11.1 Å². The molecule has 0 bridgehead atoms. The van der Waals surface area contributed by atoms with Crippen molar-refractivity contribution in [1.82, 2.24) is 10.3 Å². The lowest BCUT2D eigenvalue weighted by atomic mass is 9.95. The third-order valence-corrected chi connectivity index (χ3v) is 5.08. The number of nitrogen functional groups attached to an aromatic ring is 1. The number of pyridine rings is 1. The molecule has 7 N–H and O–H groups in total. The Morgan fingerprint density at radius 2 is 1.83 bits per heavy atom. The highest BCUT2D eigenvalue weighted by molar-refractivity contribution is 6.01. The Hall–Kier alpha value is -3.88. The molecule has 9 nitrogen and oxygen atoms in total. The van der Waals surface area contributed by atoms with Crippen molar-refractivity contribution < 1.29 is 14.4 Å². The molecule has 1 fully saturated rings. The highest BCUT2D eigenvalue weighted by Gasteiger charge is 2.30. The van der Waals surface area contributed by atoms with E-state index >= 15 is 0 Å². The topological polar surface area (TPSA) is 157 Å². The van der Waals surface area contributed by atoms with Crippen molar-refractivity contribution in [3.8, 4) is 0 Å². The Labute approximate surface area is 173 Å². The second-order valence-electron chi connectivity index (χ2n) is 7.33. The Morgan fingerprint density at radius 1 is 1.13 bits per heavy atom. The van der Waals surface area contributed by atoms with Crippen LogP contribution in [0.15, 0.2) is 48.8 Å². The van der Waals surface area contributed by atoms with Gasteiger partial charge in [-0.1, -0.05) is 6.58 Å². The number of carbonyl (C=O) groups excluding carboxylic acids is 3. The Kier molecular flexibility index (Phi) is 5.72. The number of amides is 3. The molecule has 0 radical (unpaired) electrons. The molecule has 30 heavy (non-hydrogen) atoms. The van der Waals surface area contributed by atoms with Gasteiger partial charge in [-0.15, -0.1) is 0 Å². The van der Waals surface area contributed by atoms with E-state index in [0.29, 0.717) is 29.8 Å². The zero-order chi connectivity index (χ0) is 22.0. The second-order valence-corrected chi connectivity index (χ2v) is 7.33. The molecule has 156 valence electrons. The summed E-state index contributed by atoms with van der Waals surface area (Å²) in [6, 6.07) is 7.64. The van der Waals surface area contributed by atoms with E-state index in [1.807, 2.05) is 11.8 Å². The summed E-state index contributed by atoms with van der Waals surface area (Å²) in [6.45, 7) is 6.13. The van der Waals surface area contributed by atoms with E-state index in [0.717, 1.165) is 5.70 Å². The lowest BCUT2D eigenvalue weighted by Gasteiger charge is -2.40. The summed E-state index contributed by atoms with van der Waals surface area (Å²) in [5.41, 5.74) is 18.1. The maximum atomic E-state index is 12.6. The predicted molar refractivity (Wildman–Crippen MR) is 114 cm³/mol. The zero-order valence-corrected chi connectivity index (χ0v) is 16.6. The normalized spacial score (nSPS) is 18.7. The van der Waals surface area contributed by atoms with Gasteiger partial charge in [0.15, 0.2) is 0 Å². The fourth-order valence-electron chi connectivity index (χ4n) is 3.66. The third-order valence-electron chi connectivity index (χ3n) is 5.08. The van der Waals surface area contributed by atoms with Gasteiger partial charge in [-0.3, -0.25) is 14.4 Å². The van der Waals surface area contributed by atoms with Crippen LogP contribution in [0.4, 0.5) is 11.5 Å². The molecule has 2 heterocycles. The van der Waals surface area contributed by atoms with Crippen LogP contribution in [-0.4, -0.2) is 34.8 Å². The van der Waals surface area contributed by atoms with E-state index in [9.17, 15) is 14.4 Å². The largest absolute Gasteiger partial charge is 0.398 e. The van der Waals surface area contributed by atoms with Gasteiger partial charge in [-0.2, -0.15) is 0 Å². The number of nitrogens with two attached hydrogens (primary N) is 3. The van der Waals surface area contributed by atoms with Crippen LogP contribution >= 0.6 is 0 Å². The van der Waals surface area contributed by atoms with E-state index in [1.165, 1.54) is 24.4 Å². The van der Waals surface area contributed by atoms with Crippen LogP contribution in [-0.2, 0) is 0 Å². The van der Waals surface area contributed by atoms with Crippen molar-refractivity contribution in [1.29, 1.82) is 0 Å². The lowest BCUT2D eigenvalue weighted by Crippen LogP contribution is -2.47. The first-order chi connectivity index (χ1) is 14.2. The van der Waals surface area contributed by atoms with Gasteiger partial charge < -0.3 is 27.4 Å². The molecule has 1 aromatic heterocycles. The van der Waals surface area contributed by atoms with Crippen molar-refractivity contribution >= 4 is 29.2 Å². The quantitative estimate of drug-likeness (QED) is 0.544. The smallest absolute Gasteiger partial charge is 0.251 e. The fraction of sp³-hybridized carbons (Fsp3) is 0.238. The number of carbonyl (C=O) groups is 3. The molecule has 3 amide bonds. The van der Waals surface area contributed by atoms with Gasteiger partial charge in [-0.25, -0.2) is 4.98 Å². The van der Waals surface area contributed by atoms with E-state index in [1.54, 1.807) is 12.1 Å². The zero-order valence-electron chi connectivity index (χ0n) is 16.6. The highest BCUT2D eigenvalue weighted by Crippen LogP contribution is 2.30.